The molecule has 0 saturated carbocycles. The Morgan fingerprint density at radius 1 is 1.41 bits per heavy atom. The molecule has 0 aliphatic carbocycles. The van der Waals surface area contributed by atoms with E-state index in [4.69, 9.17) is 0 Å². The van der Waals surface area contributed by atoms with Crippen LogP contribution in [0.3, 0.4) is 0 Å². The SMILES string of the molecule is CC(C)NCCCc1nc2ccc(O)cc2[nH]1. The van der Waals surface area contributed by atoms with Crippen molar-refractivity contribution in [3.63, 3.8) is 0 Å². The first kappa shape index (κ1) is 11.9. The number of aryl methyl sites for hydroxylation is 1. The molecule has 3 N–H and O–H groups in total. The van der Waals surface area contributed by atoms with Crippen molar-refractivity contribution in [2.75, 3.05) is 6.54 Å². The van der Waals surface area contributed by atoms with Gasteiger partial charge in [-0.3, -0.25) is 0 Å². The van der Waals surface area contributed by atoms with Gasteiger partial charge in [-0.15, -0.1) is 0 Å². The Labute approximate surface area is 101 Å². The van der Waals surface area contributed by atoms with Crippen LogP contribution in [-0.4, -0.2) is 27.7 Å². The molecule has 0 radical (unpaired) electrons. The van der Waals surface area contributed by atoms with Gasteiger partial charge in [-0.25, -0.2) is 4.98 Å². The Morgan fingerprint density at radius 3 is 3.00 bits per heavy atom. The van der Waals surface area contributed by atoms with Gasteiger partial charge in [0.05, 0.1) is 11.0 Å². The van der Waals surface area contributed by atoms with Crippen LogP contribution in [0.15, 0.2) is 18.2 Å². The standard InChI is InChI=1S/C13H19N3O/c1-9(2)14-7-3-4-13-15-11-6-5-10(17)8-12(11)16-13/h5-6,8-9,14,17H,3-4,7H2,1-2H3,(H,15,16). The molecule has 0 aliphatic rings. The zero-order valence-electron chi connectivity index (χ0n) is 10.3. The van der Waals surface area contributed by atoms with E-state index in [1.807, 2.05) is 6.07 Å². The molecule has 0 saturated heterocycles. The zero-order chi connectivity index (χ0) is 12.3. The summed E-state index contributed by atoms with van der Waals surface area (Å²) in [7, 11) is 0. The van der Waals surface area contributed by atoms with Crippen LogP contribution in [0, 0.1) is 0 Å². The van der Waals surface area contributed by atoms with Crippen molar-refractivity contribution in [3.8, 4) is 5.75 Å². The monoisotopic (exact) mass is 233 g/mol. The lowest BCUT2D eigenvalue weighted by atomic mass is 10.3. The van der Waals surface area contributed by atoms with Gasteiger partial charge >= 0.3 is 0 Å². The van der Waals surface area contributed by atoms with E-state index in [-0.39, 0.29) is 5.75 Å². The summed E-state index contributed by atoms with van der Waals surface area (Å²) in [6.07, 6.45) is 1.99. The second-order valence-electron chi connectivity index (χ2n) is 4.60. The quantitative estimate of drug-likeness (QED) is 0.694. The summed E-state index contributed by atoms with van der Waals surface area (Å²) in [5.41, 5.74) is 1.81. The van der Waals surface area contributed by atoms with Crippen molar-refractivity contribution in [2.24, 2.45) is 0 Å². The molecule has 0 bridgehead atoms. The molecule has 4 nitrogen and oxygen atoms in total. The van der Waals surface area contributed by atoms with Crippen molar-refractivity contribution < 1.29 is 5.11 Å². The van der Waals surface area contributed by atoms with Crippen molar-refractivity contribution in [1.29, 1.82) is 0 Å². The van der Waals surface area contributed by atoms with Crippen LogP contribution in [0.2, 0.25) is 0 Å². The van der Waals surface area contributed by atoms with Gasteiger partial charge in [-0.05, 0) is 25.1 Å². The fraction of sp³-hybridized carbons (Fsp3) is 0.462. The summed E-state index contributed by atoms with van der Waals surface area (Å²) < 4.78 is 0. The molecule has 0 unspecified atom stereocenters. The van der Waals surface area contributed by atoms with Gasteiger partial charge in [0.2, 0.25) is 0 Å². The minimum atomic E-state index is 0.272. The molecular weight excluding hydrogens is 214 g/mol. The number of aromatic hydroxyl groups is 1. The molecule has 17 heavy (non-hydrogen) atoms. The number of nitrogens with zero attached hydrogens (tertiary/aromatic N) is 1. The van der Waals surface area contributed by atoms with Crippen LogP contribution in [0.1, 0.15) is 26.1 Å². The molecule has 0 aliphatic heterocycles. The van der Waals surface area contributed by atoms with Crippen molar-refractivity contribution in [2.45, 2.75) is 32.7 Å². The van der Waals surface area contributed by atoms with Crippen molar-refractivity contribution in [1.82, 2.24) is 15.3 Å². The molecule has 4 heteroatoms. The van der Waals surface area contributed by atoms with Crippen molar-refractivity contribution in [3.05, 3.63) is 24.0 Å². The molecule has 2 aromatic rings. The average molecular weight is 233 g/mol. The van der Waals surface area contributed by atoms with E-state index < -0.39 is 0 Å². The number of aromatic amines is 1. The van der Waals surface area contributed by atoms with Crippen LogP contribution in [0.4, 0.5) is 0 Å². The normalized spacial score (nSPS) is 11.5. The Hall–Kier alpha value is -1.55. The lowest BCUT2D eigenvalue weighted by Crippen LogP contribution is -2.24. The molecule has 1 aromatic heterocycles. The van der Waals surface area contributed by atoms with E-state index >= 15 is 0 Å². The molecule has 92 valence electrons. The topological polar surface area (TPSA) is 60.9 Å². The van der Waals surface area contributed by atoms with Crippen LogP contribution in [-0.2, 0) is 6.42 Å². The third-order valence-corrected chi connectivity index (χ3v) is 2.66. The summed E-state index contributed by atoms with van der Waals surface area (Å²) in [5, 5.41) is 12.7. The predicted molar refractivity (Wildman–Crippen MR) is 69.2 cm³/mol. The Bertz CT molecular complexity index is 490. The maximum absolute atomic E-state index is 9.36. The number of benzene rings is 1. The van der Waals surface area contributed by atoms with E-state index in [0.29, 0.717) is 6.04 Å². The first-order valence-electron chi connectivity index (χ1n) is 6.06. The lowest BCUT2D eigenvalue weighted by Gasteiger charge is -2.06. The maximum atomic E-state index is 9.36. The molecule has 0 atom stereocenters. The number of imidazole rings is 1. The number of rotatable bonds is 5. The van der Waals surface area contributed by atoms with E-state index in [2.05, 4.69) is 29.1 Å². The summed E-state index contributed by atoms with van der Waals surface area (Å²) in [6.45, 7) is 5.29. The first-order valence-corrected chi connectivity index (χ1v) is 6.06. The molecule has 2 rings (SSSR count). The first-order chi connectivity index (χ1) is 8.15. The molecular formula is C13H19N3O. The Morgan fingerprint density at radius 2 is 2.24 bits per heavy atom. The molecule has 1 aromatic carbocycles. The number of phenolic OH excluding ortho intramolecular Hbond substituents is 1. The van der Waals surface area contributed by atoms with Gasteiger partial charge in [-0.2, -0.15) is 0 Å². The largest absolute Gasteiger partial charge is 0.508 e. The number of phenols is 1. The highest BCUT2D eigenvalue weighted by Gasteiger charge is 2.03. The summed E-state index contributed by atoms with van der Waals surface area (Å²) in [5.74, 6) is 1.25. The molecule has 1 heterocycles. The average Bonchev–Trinajstić information content (AvgIpc) is 2.66. The van der Waals surface area contributed by atoms with Gasteiger partial charge in [0.25, 0.3) is 0 Å². The lowest BCUT2D eigenvalue weighted by molar-refractivity contribution is 0.476. The number of H-pyrrole nitrogens is 1. The van der Waals surface area contributed by atoms with Crippen LogP contribution < -0.4 is 5.32 Å². The summed E-state index contributed by atoms with van der Waals surface area (Å²) in [4.78, 5) is 7.70. The second-order valence-corrected chi connectivity index (χ2v) is 4.60. The highest BCUT2D eigenvalue weighted by atomic mass is 16.3. The number of hydrogen-bond acceptors (Lipinski definition) is 3. The van der Waals surface area contributed by atoms with Gasteiger partial charge in [-0.1, -0.05) is 13.8 Å². The van der Waals surface area contributed by atoms with E-state index in [1.54, 1.807) is 12.1 Å². The highest BCUT2D eigenvalue weighted by Crippen LogP contribution is 2.17. The van der Waals surface area contributed by atoms with E-state index in [9.17, 15) is 5.11 Å². The molecule has 0 amide bonds. The van der Waals surface area contributed by atoms with E-state index in [0.717, 1.165) is 36.2 Å². The van der Waals surface area contributed by atoms with E-state index in [1.165, 1.54) is 0 Å². The maximum Gasteiger partial charge on any atom is 0.117 e. The van der Waals surface area contributed by atoms with Gasteiger partial charge in [0.15, 0.2) is 0 Å². The van der Waals surface area contributed by atoms with Gasteiger partial charge < -0.3 is 15.4 Å². The third-order valence-electron chi connectivity index (χ3n) is 2.66. The fourth-order valence-electron chi connectivity index (χ4n) is 1.82. The van der Waals surface area contributed by atoms with Crippen LogP contribution in [0.5, 0.6) is 5.75 Å². The predicted octanol–water partition coefficient (Wildman–Crippen LogP) is 2.20. The Balaban J connectivity index is 1.95. The zero-order valence-corrected chi connectivity index (χ0v) is 10.3. The smallest absolute Gasteiger partial charge is 0.117 e. The van der Waals surface area contributed by atoms with Crippen LogP contribution >= 0.6 is 0 Å². The fourth-order valence-corrected chi connectivity index (χ4v) is 1.82. The third kappa shape index (κ3) is 3.20. The number of nitrogens with one attached hydrogen (secondary N) is 2. The number of aromatic nitrogens is 2. The van der Waals surface area contributed by atoms with Crippen molar-refractivity contribution >= 4 is 11.0 Å². The van der Waals surface area contributed by atoms with Crippen LogP contribution in [0.25, 0.3) is 11.0 Å². The molecule has 0 fully saturated rings. The summed E-state index contributed by atoms with van der Waals surface area (Å²) >= 11 is 0. The van der Waals surface area contributed by atoms with Gasteiger partial charge in [0.1, 0.15) is 11.6 Å². The van der Waals surface area contributed by atoms with Gasteiger partial charge in [0, 0.05) is 18.5 Å². The minimum absolute atomic E-state index is 0.272. The number of fused-ring (bicyclic) bond motifs is 1. The minimum Gasteiger partial charge on any atom is -0.508 e. The Kier molecular flexibility index (Phi) is 3.64. The highest BCUT2D eigenvalue weighted by molar-refractivity contribution is 5.76. The number of hydrogen-bond donors (Lipinski definition) is 3. The summed E-state index contributed by atoms with van der Waals surface area (Å²) in [6, 6.07) is 5.73. The molecule has 0 spiro atoms. The second kappa shape index (κ2) is 5.19.